The van der Waals surface area contributed by atoms with Crippen LogP contribution < -0.4 is 10.2 Å². The Hall–Kier alpha value is -2.30. The Bertz CT molecular complexity index is 840. The molecular formula is C19H18Cl2N4. The van der Waals surface area contributed by atoms with Gasteiger partial charge in [-0.05, 0) is 30.7 Å². The van der Waals surface area contributed by atoms with Gasteiger partial charge in [-0.15, -0.1) is 0 Å². The van der Waals surface area contributed by atoms with E-state index in [9.17, 15) is 0 Å². The zero-order valence-corrected chi connectivity index (χ0v) is 15.3. The van der Waals surface area contributed by atoms with Crippen molar-refractivity contribution in [2.75, 3.05) is 16.8 Å². The summed E-state index contributed by atoms with van der Waals surface area (Å²) in [5, 5.41) is 4.18. The minimum Gasteiger partial charge on any atom is -0.339 e. The van der Waals surface area contributed by atoms with Crippen molar-refractivity contribution in [1.82, 2.24) is 9.97 Å². The van der Waals surface area contributed by atoms with E-state index >= 15 is 0 Å². The highest BCUT2D eigenvalue weighted by Gasteiger charge is 2.10. The number of halogens is 2. The van der Waals surface area contributed by atoms with Gasteiger partial charge in [0.05, 0.1) is 15.7 Å². The molecule has 1 aromatic heterocycles. The summed E-state index contributed by atoms with van der Waals surface area (Å²) in [6.07, 6.45) is 1.73. The molecule has 0 aliphatic carbocycles. The Kier molecular flexibility index (Phi) is 5.74. The molecule has 1 N–H and O–H groups in total. The van der Waals surface area contributed by atoms with Crippen LogP contribution >= 0.6 is 23.2 Å². The molecule has 3 rings (SSSR count). The lowest BCUT2D eigenvalue weighted by Gasteiger charge is -2.21. The van der Waals surface area contributed by atoms with Crippen molar-refractivity contribution in [2.24, 2.45) is 0 Å². The third-order valence-electron chi connectivity index (χ3n) is 3.74. The Labute approximate surface area is 157 Å². The van der Waals surface area contributed by atoms with E-state index in [0.717, 1.165) is 13.1 Å². The van der Waals surface area contributed by atoms with E-state index in [4.69, 9.17) is 23.2 Å². The molecule has 0 saturated heterocycles. The first-order valence-corrected chi connectivity index (χ1v) is 8.76. The van der Waals surface area contributed by atoms with Gasteiger partial charge in [0.25, 0.3) is 0 Å². The minimum absolute atomic E-state index is 0.473. The first kappa shape index (κ1) is 17.5. The van der Waals surface area contributed by atoms with Gasteiger partial charge in [-0.3, -0.25) is 0 Å². The zero-order chi connectivity index (χ0) is 17.6. The van der Waals surface area contributed by atoms with E-state index < -0.39 is 0 Å². The van der Waals surface area contributed by atoms with E-state index in [0.29, 0.717) is 27.5 Å². The van der Waals surface area contributed by atoms with Crippen LogP contribution in [-0.2, 0) is 6.54 Å². The van der Waals surface area contributed by atoms with Crippen LogP contribution in [0, 0.1) is 0 Å². The van der Waals surface area contributed by atoms with Crippen LogP contribution in [0.25, 0.3) is 0 Å². The normalized spacial score (nSPS) is 10.5. The molecule has 0 amide bonds. The number of aromatic nitrogens is 2. The topological polar surface area (TPSA) is 41.1 Å². The molecule has 0 spiro atoms. The van der Waals surface area contributed by atoms with E-state index in [-0.39, 0.29) is 0 Å². The maximum Gasteiger partial charge on any atom is 0.227 e. The first-order chi connectivity index (χ1) is 12.2. The zero-order valence-electron chi connectivity index (χ0n) is 13.8. The molecule has 0 aliphatic rings. The monoisotopic (exact) mass is 372 g/mol. The summed E-state index contributed by atoms with van der Waals surface area (Å²) >= 11 is 12.3. The van der Waals surface area contributed by atoms with Gasteiger partial charge >= 0.3 is 0 Å². The standard InChI is InChI=1S/C19H18Cl2N4/c1-2-25(13-14-7-4-3-5-8-14)19-22-12-11-17(24-19)23-16-10-6-9-15(20)18(16)21/h3-12H,2,13H2,1H3,(H,22,23,24). The lowest BCUT2D eigenvalue weighted by Crippen LogP contribution is -2.24. The summed E-state index contributed by atoms with van der Waals surface area (Å²) < 4.78 is 0. The second kappa shape index (κ2) is 8.19. The van der Waals surface area contributed by atoms with Crippen LogP contribution in [0.5, 0.6) is 0 Å². The SMILES string of the molecule is CCN(Cc1ccccc1)c1nccc(Nc2cccc(Cl)c2Cl)n1. The highest BCUT2D eigenvalue weighted by molar-refractivity contribution is 6.43. The molecule has 0 fully saturated rings. The summed E-state index contributed by atoms with van der Waals surface area (Å²) in [5.74, 6) is 1.33. The second-order valence-corrected chi connectivity index (χ2v) is 6.25. The molecule has 0 unspecified atom stereocenters. The van der Waals surface area contributed by atoms with Gasteiger partial charge in [0.1, 0.15) is 5.82 Å². The van der Waals surface area contributed by atoms with Crippen molar-refractivity contribution in [1.29, 1.82) is 0 Å². The molecule has 0 atom stereocenters. The van der Waals surface area contributed by atoms with Gasteiger partial charge in [-0.2, -0.15) is 4.98 Å². The summed E-state index contributed by atoms with van der Waals surface area (Å²) in [4.78, 5) is 11.1. The van der Waals surface area contributed by atoms with Gasteiger partial charge in [0.15, 0.2) is 0 Å². The number of anilines is 3. The molecule has 3 aromatic rings. The number of hydrogen-bond donors (Lipinski definition) is 1. The van der Waals surface area contributed by atoms with Gasteiger partial charge in [-0.1, -0.05) is 59.6 Å². The van der Waals surface area contributed by atoms with Crippen LogP contribution in [0.1, 0.15) is 12.5 Å². The van der Waals surface area contributed by atoms with Gasteiger partial charge in [-0.25, -0.2) is 4.98 Å². The molecular weight excluding hydrogens is 355 g/mol. The average Bonchev–Trinajstić information content (AvgIpc) is 2.64. The maximum atomic E-state index is 6.23. The molecule has 6 heteroatoms. The average molecular weight is 373 g/mol. The molecule has 25 heavy (non-hydrogen) atoms. The van der Waals surface area contributed by atoms with Crippen molar-refractivity contribution in [3.05, 3.63) is 76.4 Å². The fourth-order valence-electron chi connectivity index (χ4n) is 2.44. The second-order valence-electron chi connectivity index (χ2n) is 5.47. The highest BCUT2D eigenvalue weighted by Crippen LogP contribution is 2.31. The molecule has 1 heterocycles. The van der Waals surface area contributed by atoms with Gasteiger partial charge in [0.2, 0.25) is 5.95 Å². The molecule has 0 aliphatic heterocycles. The molecule has 0 radical (unpaired) electrons. The lowest BCUT2D eigenvalue weighted by molar-refractivity contribution is 0.792. The van der Waals surface area contributed by atoms with E-state index in [1.54, 1.807) is 18.3 Å². The summed E-state index contributed by atoms with van der Waals surface area (Å²) in [6.45, 7) is 3.63. The predicted octanol–water partition coefficient (Wildman–Crippen LogP) is 5.55. The molecule has 0 saturated carbocycles. The van der Waals surface area contributed by atoms with Crippen LogP contribution in [-0.4, -0.2) is 16.5 Å². The van der Waals surface area contributed by atoms with Crippen LogP contribution in [0.4, 0.5) is 17.5 Å². The van der Waals surface area contributed by atoms with E-state index in [1.165, 1.54) is 5.56 Å². The van der Waals surface area contributed by atoms with E-state index in [1.807, 2.05) is 30.3 Å². The van der Waals surface area contributed by atoms with Crippen molar-refractivity contribution >= 4 is 40.7 Å². The first-order valence-electron chi connectivity index (χ1n) is 8.00. The number of nitrogens with zero attached hydrogens (tertiary/aromatic N) is 3. The minimum atomic E-state index is 0.473. The maximum absolute atomic E-state index is 6.23. The largest absolute Gasteiger partial charge is 0.339 e. The van der Waals surface area contributed by atoms with Crippen LogP contribution in [0.15, 0.2) is 60.8 Å². The van der Waals surface area contributed by atoms with Crippen LogP contribution in [0.3, 0.4) is 0 Å². The van der Waals surface area contributed by atoms with Crippen molar-refractivity contribution in [2.45, 2.75) is 13.5 Å². The fourth-order valence-corrected chi connectivity index (χ4v) is 2.78. The molecule has 128 valence electrons. The summed E-state index contributed by atoms with van der Waals surface area (Å²) in [5.41, 5.74) is 1.93. The smallest absolute Gasteiger partial charge is 0.227 e. The third-order valence-corrected chi connectivity index (χ3v) is 4.56. The van der Waals surface area contributed by atoms with Crippen molar-refractivity contribution in [3.63, 3.8) is 0 Å². The number of hydrogen-bond acceptors (Lipinski definition) is 4. The molecule has 2 aromatic carbocycles. The van der Waals surface area contributed by atoms with Gasteiger partial charge in [0, 0.05) is 19.3 Å². The Morgan fingerprint density at radius 2 is 1.80 bits per heavy atom. The summed E-state index contributed by atoms with van der Waals surface area (Å²) in [6, 6.07) is 17.5. The Balaban J connectivity index is 1.81. The van der Waals surface area contributed by atoms with Crippen molar-refractivity contribution in [3.8, 4) is 0 Å². The molecule has 0 bridgehead atoms. The number of benzene rings is 2. The van der Waals surface area contributed by atoms with Crippen LogP contribution in [0.2, 0.25) is 10.0 Å². The van der Waals surface area contributed by atoms with E-state index in [2.05, 4.69) is 39.2 Å². The third kappa shape index (κ3) is 4.41. The fraction of sp³-hybridized carbons (Fsp3) is 0.158. The number of nitrogens with one attached hydrogen (secondary N) is 1. The van der Waals surface area contributed by atoms with Crippen molar-refractivity contribution < 1.29 is 0 Å². The Morgan fingerprint density at radius 1 is 1.00 bits per heavy atom. The predicted molar refractivity (Wildman–Crippen MR) is 105 cm³/mol. The quantitative estimate of drug-likeness (QED) is 0.615. The molecule has 4 nitrogen and oxygen atoms in total. The van der Waals surface area contributed by atoms with Gasteiger partial charge < -0.3 is 10.2 Å². The Morgan fingerprint density at radius 3 is 2.56 bits per heavy atom. The lowest BCUT2D eigenvalue weighted by atomic mass is 10.2. The highest BCUT2D eigenvalue weighted by atomic mass is 35.5. The summed E-state index contributed by atoms with van der Waals surface area (Å²) in [7, 11) is 0. The number of rotatable bonds is 6.